The van der Waals surface area contributed by atoms with Gasteiger partial charge in [-0.1, -0.05) is 6.07 Å². The van der Waals surface area contributed by atoms with E-state index in [0.29, 0.717) is 0 Å². The number of para-hydroxylation sites is 1. The lowest BCUT2D eigenvalue weighted by molar-refractivity contribution is -0.388. The number of nitro benzene ring substituents is 1. The molecule has 0 N–H and O–H groups in total. The molecule has 0 atom stereocenters. The molecule has 112 valence electrons. The smallest absolute Gasteiger partial charge is 0.329 e. The van der Waals surface area contributed by atoms with Gasteiger partial charge in [-0.05, 0) is 12.1 Å². The number of benzene rings is 1. The van der Waals surface area contributed by atoms with Crippen molar-refractivity contribution in [2.24, 2.45) is 0 Å². The van der Waals surface area contributed by atoms with Crippen LogP contribution in [0, 0.1) is 10.1 Å². The fraction of sp³-hybridized carbons (Fsp3) is 0.333. The van der Waals surface area contributed by atoms with Crippen LogP contribution in [0.3, 0.4) is 0 Å². The van der Waals surface area contributed by atoms with Crippen molar-refractivity contribution in [2.45, 2.75) is 4.90 Å². The summed E-state index contributed by atoms with van der Waals surface area (Å²) in [6.45, 7) is 0. The van der Waals surface area contributed by atoms with Crippen molar-refractivity contribution in [2.75, 3.05) is 18.6 Å². The second-order valence-corrected chi connectivity index (χ2v) is 8.60. The van der Waals surface area contributed by atoms with Crippen molar-refractivity contribution in [1.82, 2.24) is 0 Å². The normalized spacial score (nSPS) is 12.1. The van der Waals surface area contributed by atoms with Crippen LogP contribution >= 0.6 is 10.7 Å². The van der Waals surface area contributed by atoms with Crippen LogP contribution in [0.25, 0.3) is 0 Å². The van der Waals surface area contributed by atoms with Crippen LogP contribution in [0.2, 0.25) is 0 Å². The van der Waals surface area contributed by atoms with Gasteiger partial charge >= 0.3 is 5.69 Å². The quantitative estimate of drug-likeness (QED) is 0.428. The maximum atomic E-state index is 12.0. The number of hydrogen-bond donors (Lipinski definition) is 0. The molecule has 0 amide bonds. The molecule has 0 saturated heterocycles. The Bertz CT molecular complexity index is 727. The second kappa shape index (κ2) is 5.94. The fourth-order valence-corrected chi connectivity index (χ4v) is 4.63. The number of nitro groups is 1. The Morgan fingerprint density at radius 1 is 1.25 bits per heavy atom. The van der Waals surface area contributed by atoms with Crippen molar-refractivity contribution < 1.29 is 26.5 Å². The van der Waals surface area contributed by atoms with Gasteiger partial charge in [-0.2, -0.15) is 0 Å². The highest BCUT2D eigenvalue weighted by Crippen LogP contribution is 2.34. The maximum absolute atomic E-state index is 12.0. The molecule has 8 nitrogen and oxygen atoms in total. The summed E-state index contributed by atoms with van der Waals surface area (Å²) in [5.41, 5.74) is -0.734. The molecule has 1 aromatic carbocycles. The highest BCUT2D eigenvalue weighted by molar-refractivity contribution is 8.14. The first-order chi connectivity index (χ1) is 9.08. The Kier molecular flexibility index (Phi) is 4.95. The van der Waals surface area contributed by atoms with Crippen LogP contribution in [-0.2, 0) is 18.9 Å². The highest BCUT2D eigenvalue weighted by atomic mass is 35.7. The molecular formula is C9H10ClNO7S2. The standard InChI is InChI=1S/C9H10ClNO7S2/c1-18-7-3-2-4-8(9(7)11(12)13)19(14,15)5-6-20(10,16)17/h2-4H,5-6H2,1H3. The van der Waals surface area contributed by atoms with E-state index in [1.807, 2.05) is 0 Å². The maximum Gasteiger partial charge on any atom is 0.329 e. The van der Waals surface area contributed by atoms with Crippen molar-refractivity contribution in [1.29, 1.82) is 0 Å². The van der Waals surface area contributed by atoms with E-state index < -0.39 is 45.9 Å². The average Bonchev–Trinajstić information content (AvgIpc) is 2.34. The van der Waals surface area contributed by atoms with Crippen LogP contribution in [0.1, 0.15) is 0 Å². The van der Waals surface area contributed by atoms with Crippen LogP contribution in [0.15, 0.2) is 23.1 Å². The Hall–Kier alpha value is -1.39. The summed E-state index contributed by atoms with van der Waals surface area (Å²) < 4.78 is 50.3. The summed E-state index contributed by atoms with van der Waals surface area (Å²) in [7, 11) is -2.12. The first kappa shape index (κ1) is 16.7. The van der Waals surface area contributed by atoms with Gasteiger partial charge in [-0.15, -0.1) is 0 Å². The number of rotatable bonds is 6. The fourth-order valence-electron chi connectivity index (χ4n) is 1.42. The molecule has 0 aromatic heterocycles. The van der Waals surface area contributed by atoms with Crippen molar-refractivity contribution in [3.8, 4) is 5.75 Å². The predicted octanol–water partition coefficient (Wildman–Crippen LogP) is 0.946. The van der Waals surface area contributed by atoms with Crippen LogP contribution in [0.5, 0.6) is 5.75 Å². The van der Waals surface area contributed by atoms with Crippen molar-refractivity contribution >= 4 is 35.3 Å². The largest absolute Gasteiger partial charge is 0.490 e. The third-order valence-electron chi connectivity index (χ3n) is 2.30. The minimum absolute atomic E-state index is 0.232. The Balaban J connectivity index is 3.35. The Labute approximate surface area is 119 Å². The van der Waals surface area contributed by atoms with Crippen LogP contribution < -0.4 is 4.74 Å². The number of nitrogens with zero attached hydrogens (tertiary/aromatic N) is 1. The third-order valence-corrected chi connectivity index (χ3v) is 5.45. The van der Waals surface area contributed by atoms with Gasteiger partial charge in [0.25, 0.3) is 0 Å². The molecule has 0 unspecified atom stereocenters. The van der Waals surface area contributed by atoms with E-state index in [1.54, 1.807) is 0 Å². The van der Waals surface area contributed by atoms with E-state index in [9.17, 15) is 26.9 Å². The zero-order valence-corrected chi connectivity index (χ0v) is 12.5. The Morgan fingerprint density at radius 2 is 1.85 bits per heavy atom. The highest BCUT2D eigenvalue weighted by Gasteiger charge is 2.30. The molecule has 0 aliphatic rings. The molecule has 0 aliphatic carbocycles. The van der Waals surface area contributed by atoms with Gasteiger partial charge in [0.2, 0.25) is 9.05 Å². The zero-order chi connectivity index (χ0) is 15.6. The molecule has 0 fully saturated rings. The number of hydrogen-bond acceptors (Lipinski definition) is 7. The number of sulfone groups is 1. The van der Waals surface area contributed by atoms with Gasteiger partial charge < -0.3 is 4.74 Å². The molecule has 0 aliphatic heterocycles. The number of ether oxygens (including phenoxy) is 1. The van der Waals surface area contributed by atoms with E-state index in [2.05, 4.69) is 0 Å². The number of halogens is 1. The predicted molar refractivity (Wildman–Crippen MR) is 71.3 cm³/mol. The van der Waals surface area contributed by atoms with Crippen LogP contribution in [-0.4, -0.2) is 40.4 Å². The van der Waals surface area contributed by atoms with E-state index >= 15 is 0 Å². The summed E-state index contributed by atoms with van der Waals surface area (Å²) in [5, 5.41) is 11.0. The lowest BCUT2D eigenvalue weighted by Gasteiger charge is -2.07. The molecule has 11 heteroatoms. The van der Waals surface area contributed by atoms with Crippen molar-refractivity contribution in [3.63, 3.8) is 0 Å². The first-order valence-electron chi connectivity index (χ1n) is 5.05. The molecule has 0 bridgehead atoms. The van der Waals surface area contributed by atoms with Gasteiger partial charge in [0, 0.05) is 10.7 Å². The summed E-state index contributed by atoms with van der Waals surface area (Å²) >= 11 is 0. The summed E-state index contributed by atoms with van der Waals surface area (Å²) in [6, 6.07) is 3.50. The van der Waals surface area contributed by atoms with E-state index in [4.69, 9.17) is 15.4 Å². The van der Waals surface area contributed by atoms with Crippen LogP contribution in [0.4, 0.5) is 5.69 Å². The van der Waals surface area contributed by atoms with Gasteiger partial charge in [-0.3, -0.25) is 10.1 Å². The molecule has 0 heterocycles. The molecule has 1 rings (SSSR count). The monoisotopic (exact) mass is 343 g/mol. The molecule has 1 aromatic rings. The minimum atomic E-state index is -4.19. The third kappa shape index (κ3) is 4.05. The lowest BCUT2D eigenvalue weighted by Crippen LogP contribution is -2.15. The summed E-state index contributed by atoms with van der Waals surface area (Å²) in [6.07, 6.45) is 0. The minimum Gasteiger partial charge on any atom is -0.490 e. The second-order valence-electron chi connectivity index (χ2n) is 3.63. The summed E-state index contributed by atoms with van der Waals surface area (Å²) in [4.78, 5) is 9.46. The first-order valence-corrected chi connectivity index (χ1v) is 9.18. The van der Waals surface area contributed by atoms with Gasteiger partial charge in [-0.25, -0.2) is 16.8 Å². The molecule has 0 radical (unpaired) electrons. The topological polar surface area (TPSA) is 121 Å². The van der Waals surface area contributed by atoms with E-state index in [0.717, 1.165) is 13.2 Å². The molecule has 20 heavy (non-hydrogen) atoms. The van der Waals surface area contributed by atoms with Gasteiger partial charge in [0.05, 0.1) is 23.5 Å². The van der Waals surface area contributed by atoms with Crippen molar-refractivity contribution in [3.05, 3.63) is 28.3 Å². The zero-order valence-electron chi connectivity index (χ0n) is 10.1. The van der Waals surface area contributed by atoms with Gasteiger partial charge in [0.1, 0.15) is 4.90 Å². The SMILES string of the molecule is COc1cccc(S(=O)(=O)CCS(=O)(=O)Cl)c1[N+](=O)[O-]. The number of methoxy groups -OCH3 is 1. The van der Waals surface area contributed by atoms with E-state index in [1.165, 1.54) is 12.1 Å². The summed E-state index contributed by atoms with van der Waals surface area (Å²) in [5.74, 6) is -1.93. The molecule has 0 saturated carbocycles. The Morgan fingerprint density at radius 3 is 2.30 bits per heavy atom. The average molecular weight is 344 g/mol. The van der Waals surface area contributed by atoms with Gasteiger partial charge in [0.15, 0.2) is 15.6 Å². The van der Waals surface area contributed by atoms with E-state index in [-0.39, 0.29) is 5.75 Å². The molecule has 0 spiro atoms. The lowest BCUT2D eigenvalue weighted by atomic mass is 10.3. The molecular weight excluding hydrogens is 334 g/mol.